The third-order valence-corrected chi connectivity index (χ3v) is 1.70. The van der Waals surface area contributed by atoms with Gasteiger partial charge in [0.05, 0.1) is 6.07 Å². The molecule has 1 atom stereocenters. The minimum absolute atomic E-state index is 0.0366. The molecule has 0 heterocycles. The van der Waals surface area contributed by atoms with E-state index in [0.717, 1.165) is 12.0 Å². The highest BCUT2D eigenvalue weighted by atomic mass is 16.3. The van der Waals surface area contributed by atoms with Crippen LogP contribution in [0.4, 0.5) is 0 Å². The summed E-state index contributed by atoms with van der Waals surface area (Å²) in [6, 6.07) is 9.12. The first-order valence-electron chi connectivity index (χ1n) is 3.90. The van der Waals surface area contributed by atoms with Gasteiger partial charge in [0, 0.05) is 5.92 Å². The zero-order valence-corrected chi connectivity index (χ0v) is 6.99. The molecule has 0 saturated carbocycles. The maximum absolute atomic E-state index is 8.98. The van der Waals surface area contributed by atoms with Crippen LogP contribution in [-0.4, -0.2) is 5.11 Å². The van der Waals surface area contributed by atoms with Crippen molar-refractivity contribution in [2.24, 2.45) is 5.92 Å². The van der Waals surface area contributed by atoms with E-state index in [4.69, 9.17) is 10.4 Å². The summed E-state index contributed by atoms with van der Waals surface area (Å²) in [7, 11) is 0. The van der Waals surface area contributed by atoms with Crippen molar-refractivity contribution in [3.05, 3.63) is 29.8 Å². The molecule has 0 saturated heterocycles. The SMILES string of the molecule is CC(C#N)Cc1ccc(O)cc1. The van der Waals surface area contributed by atoms with E-state index in [-0.39, 0.29) is 11.7 Å². The van der Waals surface area contributed by atoms with Crippen molar-refractivity contribution < 1.29 is 5.11 Å². The summed E-state index contributed by atoms with van der Waals surface area (Å²) in [5.41, 5.74) is 1.09. The van der Waals surface area contributed by atoms with Gasteiger partial charge in [-0.05, 0) is 31.0 Å². The molecule has 0 bridgehead atoms. The molecule has 1 unspecified atom stereocenters. The second-order valence-corrected chi connectivity index (χ2v) is 2.90. The number of phenolic OH excluding ortho intramolecular Hbond substituents is 1. The van der Waals surface area contributed by atoms with Gasteiger partial charge in [-0.1, -0.05) is 12.1 Å². The molecule has 0 spiro atoms. The summed E-state index contributed by atoms with van der Waals surface area (Å²) in [6.45, 7) is 1.88. The van der Waals surface area contributed by atoms with E-state index >= 15 is 0 Å². The molecule has 0 aliphatic carbocycles. The van der Waals surface area contributed by atoms with E-state index in [2.05, 4.69) is 6.07 Å². The van der Waals surface area contributed by atoms with Crippen LogP contribution in [0.5, 0.6) is 5.75 Å². The van der Waals surface area contributed by atoms with E-state index in [1.165, 1.54) is 0 Å². The van der Waals surface area contributed by atoms with Crippen LogP contribution in [0.1, 0.15) is 12.5 Å². The molecule has 1 N–H and O–H groups in total. The Hall–Kier alpha value is -1.49. The zero-order valence-electron chi connectivity index (χ0n) is 6.99. The molecular formula is C10H11NO. The van der Waals surface area contributed by atoms with Crippen molar-refractivity contribution in [2.45, 2.75) is 13.3 Å². The van der Waals surface area contributed by atoms with Crippen molar-refractivity contribution in [3.63, 3.8) is 0 Å². The van der Waals surface area contributed by atoms with Gasteiger partial charge in [0.1, 0.15) is 5.75 Å². The van der Waals surface area contributed by atoms with Crippen LogP contribution in [0.2, 0.25) is 0 Å². The predicted molar refractivity (Wildman–Crippen MR) is 46.6 cm³/mol. The van der Waals surface area contributed by atoms with Gasteiger partial charge in [-0.3, -0.25) is 0 Å². The van der Waals surface area contributed by atoms with Crippen LogP contribution in [0.25, 0.3) is 0 Å². The summed E-state index contributed by atoms with van der Waals surface area (Å²) in [5.74, 6) is 0.304. The number of rotatable bonds is 2. The maximum Gasteiger partial charge on any atom is 0.115 e. The number of aromatic hydroxyl groups is 1. The fraction of sp³-hybridized carbons (Fsp3) is 0.300. The molecule has 0 radical (unpaired) electrons. The number of nitriles is 1. The van der Waals surface area contributed by atoms with Gasteiger partial charge >= 0.3 is 0 Å². The second-order valence-electron chi connectivity index (χ2n) is 2.90. The average molecular weight is 161 g/mol. The first kappa shape index (κ1) is 8.61. The van der Waals surface area contributed by atoms with Crippen molar-refractivity contribution in [3.8, 4) is 11.8 Å². The average Bonchev–Trinajstić information content (AvgIpc) is 2.09. The van der Waals surface area contributed by atoms with Gasteiger partial charge in [0.2, 0.25) is 0 Å². The highest BCUT2D eigenvalue weighted by Gasteiger charge is 2.00. The van der Waals surface area contributed by atoms with Crippen molar-refractivity contribution >= 4 is 0 Å². The third kappa shape index (κ3) is 2.28. The second kappa shape index (κ2) is 3.77. The van der Waals surface area contributed by atoms with Crippen LogP contribution < -0.4 is 0 Å². The molecule has 62 valence electrons. The van der Waals surface area contributed by atoms with Crippen LogP contribution in [0.3, 0.4) is 0 Å². The fourth-order valence-electron chi connectivity index (χ4n) is 1.03. The molecule has 0 amide bonds. The first-order chi connectivity index (χ1) is 5.72. The van der Waals surface area contributed by atoms with Gasteiger partial charge in [0.25, 0.3) is 0 Å². The van der Waals surface area contributed by atoms with Gasteiger partial charge in [-0.25, -0.2) is 0 Å². The molecule has 0 fully saturated rings. The summed E-state index contributed by atoms with van der Waals surface area (Å²) in [5, 5.41) is 17.5. The molecule has 0 aliphatic rings. The lowest BCUT2D eigenvalue weighted by Crippen LogP contribution is -1.95. The monoisotopic (exact) mass is 161 g/mol. The van der Waals surface area contributed by atoms with Crippen LogP contribution in [-0.2, 0) is 6.42 Å². The highest BCUT2D eigenvalue weighted by Crippen LogP contribution is 2.12. The highest BCUT2D eigenvalue weighted by molar-refractivity contribution is 5.26. The van der Waals surface area contributed by atoms with E-state index in [1.54, 1.807) is 12.1 Å². The zero-order chi connectivity index (χ0) is 8.97. The van der Waals surface area contributed by atoms with Gasteiger partial charge in [-0.2, -0.15) is 5.26 Å². The number of benzene rings is 1. The lowest BCUT2D eigenvalue weighted by Gasteiger charge is -2.01. The molecule has 2 nitrogen and oxygen atoms in total. The Morgan fingerprint density at radius 2 is 2.00 bits per heavy atom. The largest absolute Gasteiger partial charge is 0.508 e. The van der Waals surface area contributed by atoms with Gasteiger partial charge < -0.3 is 5.11 Å². The standard InChI is InChI=1S/C10H11NO/c1-8(7-11)6-9-2-4-10(12)5-3-9/h2-5,8,12H,6H2,1H3. The number of phenols is 1. The minimum atomic E-state index is 0.0366. The molecular weight excluding hydrogens is 150 g/mol. The Labute approximate surface area is 72.1 Å². The Bertz CT molecular complexity index is 284. The molecule has 2 heteroatoms. The smallest absolute Gasteiger partial charge is 0.115 e. The number of nitrogens with zero attached hydrogens (tertiary/aromatic N) is 1. The lowest BCUT2D eigenvalue weighted by molar-refractivity contribution is 0.475. The van der Waals surface area contributed by atoms with E-state index in [9.17, 15) is 0 Å². The van der Waals surface area contributed by atoms with Crippen molar-refractivity contribution in [1.82, 2.24) is 0 Å². The molecule has 0 aromatic heterocycles. The van der Waals surface area contributed by atoms with Crippen LogP contribution >= 0.6 is 0 Å². The van der Waals surface area contributed by atoms with Gasteiger partial charge in [-0.15, -0.1) is 0 Å². The number of hydrogen-bond donors (Lipinski definition) is 1. The van der Waals surface area contributed by atoms with E-state index in [0.29, 0.717) is 0 Å². The molecule has 1 aromatic carbocycles. The molecule has 12 heavy (non-hydrogen) atoms. The quantitative estimate of drug-likeness (QED) is 0.721. The van der Waals surface area contributed by atoms with Crippen LogP contribution in [0, 0.1) is 17.2 Å². The van der Waals surface area contributed by atoms with Crippen LogP contribution in [0.15, 0.2) is 24.3 Å². The summed E-state index contributed by atoms with van der Waals surface area (Å²) >= 11 is 0. The normalized spacial score (nSPS) is 12.0. The summed E-state index contributed by atoms with van der Waals surface area (Å²) in [6.07, 6.45) is 0.747. The topological polar surface area (TPSA) is 44.0 Å². The minimum Gasteiger partial charge on any atom is -0.508 e. The Morgan fingerprint density at radius 3 is 2.50 bits per heavy atom. The number of hydrogen-bond acceptors (Lipinski definition) is 2. The van der Waals surface area contributed by atoms with Crippen molar-refractivity contribution in [1.29, 1.82) is 5.26 Å². The fourth-order valence-corrected chi connectivity index (χ4v) is 1.03. The molecule has 0 aliphatic heterocycles. The van der Waals surface area contributed by atoms with E-state index in [1.807, 2.05) is 19.1 Å². The van der Waals surface area contributed by atoms with Gasteiger partial charge in [0.15, 0.2) is 0 Å². The first-order valence-corrected chi connectivity index (χ1v) is 3.90. The Morgan fingerprint density at radius 1 is 1.42 bits per heavy atom. The molecule has 1 rings (SSSR count). The lowest BCUT2D eigenvalue weighted by atomic mass is 10.0. The maximum atomic E-state index is 8.98. The summed E-state index contributed by atoms with van der Waals surface area (Å²) in [4.78, 5) is 0. The van der Waals surface area contributed by atoms with Crippen molar-refractivity contribution in [2.75, 3.05) is 0 Å². The third-order valence-electron chi connectivity index (χ3n) is 1.70. The Kier molecular flexibility index (Phi) is 2.71. The van der Waals surface area contributed by atoms with E-state index < -0.39 is 0 Å². The molecule has 1 aromatic rings. The predicted octanol–water partition coefficient (Wildman–Crippen LogP) is 2.09. The summed E-state index contributed by atoms with van der Waals surface area (Å²) < 4.78 is 0. The Balaban J connectivity index is 2.66.